The van der Waals surface area contributed by atoms with Crippen LogP contribution in [0.25, 0.3) is 64.6 Å². The summed E-state index contributed by atoms with van der Waals surface area (Å²) in [5.74, 6) is -0.888. The lowest BCUT2D eigenvalue weighted by molar-refractivity contribution is -0.150. The van der Waals surface area contributed by atoms with Crippen LogP contribution in [0.1, 0.15) is 77.6 Å². The fourth-order valence-corrected chi connectivity index (χ4v) is 13.9. The molecule has 0 saturated heterocycles. The van der Waals surface area contributed by atoms with Gasteiger partial charge in [0.15, 0.2) is 0 Å². The molecule has 404 valence electrons. The summed E-state index contributed by atoms with van der Waals surface area (Å²) in [6.07, 6.45) is 3.45. The van der Waals surface area contributed by atoms with Crippen molar-refractivity contribution >= 4 is 76.4 Å². The number of carbonyl (C=O) groups excluding carboxylic acids is 2. The van der Waals surface area contributed by atoms with E-state index in [0.717, 1.165) is 104 Å². The molecule has 0 aliphatic heterocycles. The predicted octanol–water partition coefficient (Wildman–Crippen LogP) is 16.0. The van der Waals surface area contributed by atoms with Crippen molar-refractivity contribution in [1.82, 2.24) is 10.6 Å². The Morgan fingerprint density at radius 1 is 0.329 bits per heavy atom. The number of rotatable bonds is 16. The minimum atomic E-state index is -1.66. The maximum atomic E-state index is 16.6. The monoisotopic (exact) mass is 1070 g/mol. The quantitative estimate of drug-likeness (QED) is 0.0725. The van der Waals surface area contributed by atoms with Crippen LogP contribution in [0.2, 0.25) is 0 Å². The summed E-state index contributed by atoms with van der Waals surface area (Å²) in [6, 6.07) is 84.3. The highest BCUT2D eigenvalue weighted by molar-refractivity contribution is 6.06. The summed E-state index contributed by atoms with van der Waals surface area (Å²) in [6.45, 7) is 0. The van der Waals surface area contributed by atoms with E-state index in [1.807, 2.05) is 121 Å². The second-order valence-corrected chi connectivity index (χ2v) is 23.1. The van der Waals surface area contributed by atoms with Crippen LogP contribution in [0, 0.1) is 5.41 Å². The Bertz CT molecular complexity index is 3880. The number of carbonyl (C=O) groups is 2. The average Bonchev–Trinajstić information content (AvgIpc) is 3.71. The number of amides is 2. The van der Waals surface area contributed by atoms with Crippen molar-refractivity contribution in [2.45, 2.75) is 81.1 Å². The van der Waals surface area contributed by atoms with Crippen molar-refractivity contribution in [3.63, 3.8) is 0 Å². The van der Waals surface area contributed by atoms with Gasteiger partial charge in [-0.1, -0.05) is 274 Å². The zero-order valence-corrected chi connectivity index (χ0v) is 46.0. The first-order valence-electron chi connectivity index (χ1n) is 29.1. The molecule has 0 spiro atoms. The summed E-state index contributed by atoms with van der Waals surface area (Å²) in [5.41, 5.74) is 0.374. The highest BCUT2D eigenvalue weighted by Crippen LogP contribution is 2.45. The van der Waals surface area contributed by atoms with Crippen LogP contribution in [0.15, 0.2) is 255 Å². The molecule has 1 aliphatic rings. The van der Waals surface area contributed by atoms with Gasteiger partial charge in [0.05, 0.1) is 23.3 Å². The molecule has 0 radical (unpaired) electrons. The van der Waals surface area contributed by atoms with Gasteiger partial charge in [-0.3, -0.25) is 9.59 Å². The summed E-state index contributed by atoms with van der Waals surface area (Å²) in [4.78, 5) is 33.1. The van der Waals surface area contributed by atoms with Crippen molar-refractivity contribution in [2.75, 3.05) is 0 Å². The SMILES string of the molecule is O=C(N[C@@H](c1cccc2ccccc12)C(O)(Cc1cccc2ccccc12)Cc1cccc2ccccc12)C1(C(=O)N[C@@H](c2cccc3ccccc23)C(O)(Cc2cccc3ccccc23)Cc2cccc3ccccc23)CCCCC1. The van der Waals surface area contributed by atoms with Crippen molar-refractivity contribution in [2.24, 2.45) is 5.41 Å². The molecule has 0 heterocycles. The third-order valence-electron chi connectivity index (χ3n) is 18.0. The van der Waals surface area contributed by atoms with Crippen LogP contribution in [0.4, 0.5) is 0 Å². The molecule has 82 heavy (non-hydrogen) atoms. The van der Waals surface area contributed by atoms with E-state index in [1.165, 1.54) is 0 Å². The fraction of sp³-hybridized carbons (Fsp3) is 0.184. The first-order chi connectivity index (χ1) is 40.2. The lowest BCUT2D eigenvalue weighted by Gasteiger charge is -2.43. The van der Waals surface area contributed by atoms with E-state index in [-0.39, 0.29) is 38.5 Å². The molecule has 0 unspecified atom stereocenters. The van der Waals surface area contributed by atoms with Gasteiger partial charge in [-0.25, -0.2) is 0 Å². The summed E-state index contributed by atoms with van der Waals surface area (Å²) >= 11 is 0. The van der Waals surface area contributed by atoms with Crippen LogP contribution in [0.5, 0.6) is 0 Å². The third kappa shape index (κ3) is 9.97. The largest absolute Gasteiger partial charge is 0.387 e. The topological polar surface area (TPSA) is 98.7 Å². The Kier molecular flexibility index (Phi) is 14.2. The van der Waals surface area contributed by atoms with Crippen LogP contribution in [0.3, 0.4) is 0 Å². The normalized spacial score (nSPS) is 14.5. The summed E-state index contributed by atoms with van der Waals surface area (Å²) in [7, 11) is 0. The molecule has 6 heteroatoms. The van der Waals surface area contributed by atoms with Gasteiger partial charge < -0.3 is 20.8 Å². The van der Waals surface area contributed by atoms with Crippen LogP contribution in [-0.2, 0) is 35.3 Å². The molecule has 1 fully saturated rings. The van der Waals surface area contributed by atoms with Gasteiger partial charge in [0, 0.05) is 25.7 Å². The van der Waals surface area contributed by atoms with Crippen LogP contribution < -0.4 is 10.6 Å². The van der Waals surface area contributed by atoms with Gasteiger partial charge in [-0.05, 0) is 111 Å². The molecule has 1 aliphatic carbocycles. The molecule has 0 aromatic heterocycles. The number of nitrogens with one attached hydrogen (secondary N) is 2. The number of hydrogen-bond acceptors (Lipinski definition) is 4. The van der Waals surface area contributed by atoms with E-state index in [4.69, 9.17) is 0 Å². The molecular formula is C76H66N2O4. The minimum absolute atomic E-state index is 0.184. The van der Waals surface area contributed by atoms with E-state index in [0.29, 0.717) is 12.8 Å². The van der Waals surface area contributed by atoms with E-state index >= 15 is 9.59 Å². The Morgan fingerprint density at radius 2 is 0.573 bits per heavy atom. The summed E-state index contributed by atoms with van der Waals surface area (Å²) < 4.78 is 0. The molecule has 2 amide bonds. The van der Waals surface area contributed by atoms with Gasteiger partial charge in [-0.15, -0.1) is 0 Å². The molecule has 13 rings (SSSR count). The van der Waals surface area contributed by atoms with Gasteiger partial charge >= 0.3 is 0 Å². The molecule has 12 aromatic carbocycles. The van der Waals surface area contributed by atoms with Crippen molar-refractivity contribution < 1.29 is 19.8 Å². The molecule has 1 saturated carbocycles. The first-order valence-corrected chi connectivity index (χ1v) is 29.1. The zero-order chi connectivity index (χ0) is 55.7. The molecule has 0 bridgehead atoms. The van der Waals surface area contributed by atoms with Crippen molar-refractivity contribution in [3.05, 3.63) is 288 Å². The highest BCUT2D eigenvalue weighted by Gasteiger charge is 2.52. The fourth-order valence-electron chi connectivity index (χ4n) is 13.9. The average molecular weight is 1070 g/mol. The Balaban J connectivity index is 0.973. The second kappa shape index (κ2) is 22.2. The third-order valence-corrected chi connectivity index (χ3v) is 18.0. The van der Waals surface area contributed by atoms with Gasteiger partial charge in [0.25, 0.3) is 0 Å². The zero-order valence-electron chi connectivity index (χ0n) is 46.0. The Morgan fingerprint density at radius 3 is 0.878 bits per heavy atom. The van der Waals surface area contributed by atoms with E-state index in [2.05, 4.69) is 144 Å². The second-order valence-electron chi connectivity index (χ2n) is 23.1. The number of benzene rings is 12. The maximum absolute atomic E-state index is 16.6. The smallest absolute Gasteiger partial charge is 0.236 e. The van der Waals surface area contributed by atoms with E-state index in [1.54, 1.807) is 0 Å². The van der Waals surface area contributed by atoms with Gasteiger partial charge in [0.2, 0.25) is 11.8 Å². The number of aliphatic hydroxyl groups is 2. The predicted molar refractivity (Wildman–Crippen MR) is 336 cm³/mol. The highest BCUT2D eigenvalue weighted by atomic mass is 16.3. The molecular weight excluding hydrogens is 1000 g/mol. The molecule has 2 atom stereocenters. The molecule has 12 aromatic rings. The van der Waals surface area contributed by atoms with Gasteiger partial charge in [-0.2, -0.15) is 0 Å². The first kappa shape index (κ1) is 52.4. The standard InChI is InChI=1S/C76H66N2O4/c79-72(77-70(68-44-20-32-56-26-6-12-42-66(56)68)75(81,48-58-34-16-28-52-22-2-8-38-62(52)58)49-59-35-17-29-53-23-3-9-39-63(53)59)74(46-14-1-15-47-74)73(80)78-71(69-45-21-33-57-27-7-13-43-67(57)69)76(82,50-60-36-18-30-54-24-4-10-40-64(54)60)51-61-37-19-31-55-25-5-11-41-65(55)61/h2-13,16-45,70-71,81-82H,1,14-15,46-51H2,(H,77,79)(H,78,80)/t70-,71-/m0/s1. The molecule has 4 N–H and O–H groups in total. The van der Waals surface area contributed by atoms with Crippen molar-refractivity contribution in [1.29, 1.82) is 0 Å². The van der Waals surface area contributed by atoms with E-state index < -0.39 is 40.5 Å². The minimum Gasteiger partial charge on any atom is -0.387 e. The number of hydrogen-bond donors (Lipinski definition) is 4. The van der Waals surface area contributed by atoms with Crippen LogP contribution >= 0.6 is 0 Å². The Hall–Kier alpha value is -8.94. The van der Waals surface area contributed by atoms with E-state index in [9.17, 15) is 10.2 Å². The van der Waals surface area contributed by atoms with Crippen LogP contribution in [-0.4, -0.2) is 33.2 Å². The summed E-state index contributed by atoms with van der Waals surface area (Å²) in [5, 5.41) is 47.9. The lowest BCUT2D eigenvalue weighted by atomic mass is 9.70. The lowest BCUT2D eigenvalue weighted by Crippen LogP contribution is -2.59. The van der Waals surface area contributed by atoms with Crippen molar-refractivity contribution in [3.8, 4) is 0 Å². The van der Waals surface area contributed by atoms with Gasteiger partial charge in [0.1, 0.15) is 5.41 Å². The molecule has 6 nitrogen and oxygen atoms in total. The number of fused-ring (bicyclic) bond motifs is 6. The Labute approximate surface area is 479 Å². The maximum Gasteiger partial charge on any atom is 0.236 e.